The third-order valence-electron chi connectivity index (χ3n) is 5.48. The molecule has 1 atom stereocenters. The number of amides is 1. The fraction of sp³-hybridized carbons (Fsp3) is 0.526. The first kappa shape index (κ1) is 20.8. The van der Waals surface area contributed by atoms with Crippen LogP contribution in [0.1, 0.15) is 19.3 Å². The third kappa shape index (κ3) is 4.99. The smallest absolute Gasteiger partial charge is 0.241 e. The lowest BCUT2D eigenvalue weighted by atomic mass is 10.1. The molecule has 1 amide bonds. The van der Waals surface area contributed by atoms with Crippen LogP contribution in [0.4, 0.5) is 5.82 Å². The van der Waals surface area contributed by atoms with Gasteiger partial charge in [0.05, 0.1) is 22.1 Å². The Bertz CT molecular complexity index is 934. The first-order chi connectivity index (χ1) is 14.0. The Hall–Kier alpha value is -1.48. The summed E-state index contributed by atoms with van der Waals surface area (Å²) in [6.07, 6.45) is 4.28. The molecule has 156 valence electrons. The van der Waals surface area contributed by atoms with Gasteiger partial charge in [-0.15, -0.1) is 0 Å². The molecule has 2 aliphatic rings. The van der Waals surface area contributed by atoms with E-state index < -0.39 is 10.8 Å². The molecule has 2 fully saturated rings. The van der Waals surface area contributed by atoms with Crippen LogP contribution in [0.15, 0.2) is 18.5 Å². The zero-order chi connectivity index (χ0) is 20.4. The zero-order valence-corrected chi connectivity index (χ0v) is 18.2. The number of hydrogen-bond acceptors (Lipinski definition) is 6. The van der Waals surface area contributed by atoms with Crippen LogP contribution in [-0.4, -0.2) is 68.2 Å². The number of halogens is 2. The molecule has 10 heteroatoms. The van der Waals surface area contributed by atoms with Crippen molar-refractivity contribution in [1.29, 1.82) is 0 Å². The topological polar surface area (TPSA) is 87.2 Å². The molecule has 0 aliphatic carbocycles. The number of aromatic nitrogens is 2. The van der Waals surface area contributed by atoms with Crippen molar-refractivity contribution in [2.24, 2.45) is 0 Å². The second-order valence-electron chi connectivity index (χ2n) is 7.47. The van der Waals surface area contributed by atoms with Crippen LogP contribution in [0.25, 0.3) is 10.9 Å². The monoisotopic (exact) mass is 455 g/mol. The second kappa shape index (κ2) is 9.12. The van der Waals surface area contributed by atoms with Crippen molar-refractivity contribution >= 4 is 56.6 Å². The number of anilines is 1. The van der Waals surface area contributed by atoms with Gasteiger partial charge in [-0.2, -0.15) is 0 Å². The van der Waals surface area contributed by atoms with E-state index in [4.69, 9.17) is 23.2 Å². The number of carbonyl (C=O) groups excluding carboxylic acids is 1. The Labute approximate surface area is 182 Å². The van der Waals surface area contributed by atoms with Crippen LogP contribution in [0, 0.1) is 0 Å². The van der Waals surface area contributed by atoms with Crippen LogP contribution >= 0.6 is 23.2 Å². The number of rotatable bonds is 5. The number of fused-ring (bicyclic) bond motifs is 1. The van der Waals surface area contributed by atoms with Crippen LogP contribution in [-0.2, 0) is 15.6 Å². The summed E-state index contributed by atoms with van der Waals surface area (Å²) in [4.78, 5) is 23.0. The van der Waals surface area contributed by atoms with Crippen molar-refractivity contribution in [1.82, 2.24) is 20.2 Å². The molecule has 1 aromatic carbocycles. The van der Waals surface area contributed by atoms with Crippen molar-refractivity contribution in [2.75, 3.05) is 36.5 Å². The molecule has 3 heterocycles. The minimum absolute atomic E-state index is 0.0332. The Morgan fingerprint density at radius 2 is 1.90 bits per heavy atom. The summed E-state index contributed by atoms with van der Waals surface area (Å²) < 4.78 is 11.5. The summed E-state index contributed by atoms with van der Waals surface area (Å²) >= 11 is 12.2. The van der Waals surface area contributed by atoms with Gasteiger partial charge in [-0.25, -0.2) is 9.97 Å². The molecule has 2 aliphatic heterocycles. The third-order valence-corrected chi connectivity index (χ3v) is 7.59. The molecular weight excluding hydrogens is 433 g/mol. The highest BCUT2D eigenvalue weighted by atomic mass is 35.5. The van der Waals surface area contributed by atoms with Crippen molar-refractivity contribution in [3.05, 3.63) is 28.5 Å². The van der Waals surface area contributed by atoms with Gasteiger partial charge < -0.3 is 15.5 Å². The summed E-state index contributed by atoms with van der Waals surface area (Å²) in [7, 11) is -0.651. The van der Waals surface area contributed by atoms with E-state index in [1.807, 2.05) is 4.90 Å². The van der Waals surface area contributed by atoms with Crippen molar-refractivity contribution in [3.8, 4) is 0 Å². The first-order valence-electron chi connectivity index (χ1n) is 9.72. The predicted molar refractivity (Wildman–Crippen MR) is 117 cm³/mol. The highest BCUT2D eigenvalue weighted by molar-refractivity contribution is 7.85. The van der Waals surface area contributed by atoms with Gasteiger partial charge >= 0.3 is 0 Å². The predicted octanol–water partition coefficient (Wildman–Crippen LogP) is 2.45. The average Bonchev–Trinajstić information content (AvgIpc) is 3.17. The molecule has 2 aromatic rings. The Morgan fingerprint density at radius 1 is 1.14 bits per heavy atom. The summed E-state index contributed by atoms with van der Waals surface area (Å²) in [5.74, 6) is 2.15. The normalized spacial score (nSPS) is 24.8. The number of likely N-dealkylation sites (tertiary alicyclic amines) is 1. The molecule has 1 aromatic heterocycles. The van der Waals surface area contributed by atoms with Crippen LogP contribution in [0.2, 0.25) is 10.0 Å². The quantitative estimate of drug-likeness (QED) is 0.719. The van der Waals surface area contributed by atoms with E-state index in [9.17, 15) is 9.00 Å². The molecule has 4 rings (SSSR count). The van der Waals surface area contributed by atoms with Gasteiger partial charge in [0.2, 0.25) is 5.91 Å². The number of benzene rings is 1. The van der Waals surface area contributed by atoms with E-state index in [1.54, 1.807) is 12.1 Å². The lowest BCUT2D eigenvalue weighted by molar-refractivity contribution is -0.128. The number of hydrogen-bond donors (Lipinski definition) is 2. The molecule has 7 nitrogen and oxygen atoms in total. The Morgan fingerprint density at radius 3 is 2.69 bits per heavy atom. The van der Waals surface area contributed by atoms with Gasteiger partial charge in [0.25, 0.3) is 0 Å². The number of nitrogens with zero attached hydrogens (tertiary/aromatic N) is 3. The minimum atomic E-state index is -0.651. The lowest BCUT2D eigenvalue weighted by Gasteiger charge is -2.26. The van der Waals surface area contributed by atoms with Gasteiger partial charge in [-0.05, 0) is 31.4 Å². The van der Waals surface area contributed by atoms with E-state index in [0.717, 1.165) is 42.7 Å². The Kier molecular flexibility index (Phi) is 6.53. The van der Waals surface area contributed by atoms with Crippen LogP contribution < -0.4 is 10.6 Å². The highest BCUT2D eigenvalue weighted by Crippen LogP contribution is 2.29. The molecule has 2 saturated heterocycles. The van der Waals surface area contributed by atoms with Gasteiger partial charge in [-0.3, -0.25) is 9.00 Å². The van der Waals surface area contributed by atoms with Crippen molar-refractivity contribution in [2.45, 2.75) is 31.3 Å². The minimum Gasteiger partial charge on any atom is -0.360 e. The van der Waals surface area contributed by atoms with Gasteiger partial charge in [0.15, 0.2) is 0 Å². The fourth-order valence-electron chi connectivity index (χ4n) is 3.88. The van der Waals surface area contributed by atoms with E-state index >= 15 is 0 Å². The first-order valence-corrected chi connectivity index (χ1v) is 12.0. The zero-order valence-electron chi connectivity index (χ0n) is 15.9. The molecule has 2 N–H and O–H groups in total. The molecule has 0 bridgehead atoms. The maximum absolute atomic E-state index is 12.7. The summed E-state index contributed by atoms with van der Waals surface area (Å²) in [5, 5.41) is 8.33. The average molecular weight is 456 g/mol. The standard InChI is InChI=1S/C19H23Cl2N5O2S/c20-15-7-14-17(8-16(15)21)23-11-24-19(14)22-9-18(27)26-4-1-13(10-26)25-12-2-5-29(28)6-3-12/h7-8,11-13,25H,1-6,9-10H2,(H,22,23,24). The molecule has 1 unspecified atom stereocenters. The highest BCUT2D eigenvalue weighted by Gasteiger charge is 2.28. The van der Waals surface area contributed by atoms with Gasteiger partial charge in [-0.1, -0.05) is 23.2 Å². The fourth-order valence-corrected chi connectivity index (χ4v) is 5.50. The summed E-state index contributed by atoms with van der Waals surface area (Å²) in [6.45, 7) is 1.59. The number of nitrogens with one attached hydrogen (secondary N) is 2. The Balaban J connectivity index is 1.32. The van der Waals surface area contributed by atoms with Crippen molar-refractivity contribution < 1.29 is 9.00 Å². The molecular formula is C19H23Cl2N5O2S. The number of carbonyl (C=O) groups is 1. The lowest BCUT2D eigenvalue weighted by Crippen LogP contribution is -2.44. The summed E-state index contributed by atoms with van der Waals surface area (Å²) in [6, 6.07) is 4.11. The van der Waals surface area contributed by atoms with E-state index in [0.29, 0.717) is 40.0 Å². The molecule has 29 heavy (non-hydrogen) atoms. The maximum Gasteiger partial charge on any atom is 0.241 e. The second-order valence-corrected chi connectivity index (χ2v) is 9.98. The van der Waals surface area contributed by atoms with Gasteiger partial charge in [0.1, 0.15) is 12.1 Å². The van der Waals surface area contributed by atoms with E-state index in [2.05, 4.69) is 20.6 Å². The van der Waals surface area contributed by atoms with E-state index in [1.165, 1.54) is 6.33 Å². The largest absolute Gasteiger partial charge is 0.360 e. The maximum atomic E-state index is 12.7. The SMILES string of the molecule is O=C(CNc1ncnc2cc(Cl)c(Cl)cc12)N1CCC(NC2CCS(=O)CC2)C1. The van der Waals surface area contributed by atoms with Gasteiger partial charge in [0, 0.05) is 52.9 Å². The van der Waals surface area contributed by atoms with Crippen LogP contribution in [0.5, 0.6) is 0 Å². The van der Waals surface area contributed by atoms with Crippen molar-refractivity contribution in [3.63, 3.8) is 0 Å². The van der Waals surface area contributed by atoms with E-state index in [-0.39, 0.29) is 12.5 Å². The van der Waals surface area contributed by atoms with Crippen LogP contribution in [0.3, 0.4) is 0 Å². The summed E-state index contributed by atoms with van der Waals surface area (Å²) in [5.41, 5.74) is 0.670. The molecule has 0 spiro atoms. The molecule has 0 radical (unpaired) electrons. The molecule has 0 saturated carbocycles.